The second kappa shape index (κ2) is 8.30. The van der Waals surface area contributed by atoms with E-state index in [1.165, 1.54) is 16.2 Å². The molecule has 0 bridgehead atoms. The van der Waals surface area contributed by atoms with Crippen LogP contribution < -0.4 is 5.32 Å². The lowest BCUT2D eigenvalue weighted by Gasteiger charge is -2.14. The van der Waals surface area contributed by atoms with Gasteiger partial charge in [-0.3, -0.25) is 19.3 Å². The van der Waals surface area contributed by atoms with Gasteiger partial charge < -0.3 is 5.32 Å². The fourth-order valence-corrected chi connectivity index (χ4v) is 4.79. The van der Waals surface area contributed by atoms with Gasteiger partial charge in [0.15, 0.2) is 4.34 Å². The van der Waals surface area contributed by atoms with Crippen molar-refractivity contribution in [3.63, 3.8) is 0 Å². The SMILES string of the molecule is CC(C)CSc1nnc(NC(=O)CCN2C(=O)[C@H]3CC=CC[C@H]3C2=O)s1. The van der Waals surface area contributed by atoms with Gasteiger partial charge in [-0.25, -0.2) is 0 Å². The Kier molecular flexibility index (Phi) is 6.08. The highest BCUT2D eigenvalue weighted by Crippen LogP contribution is 2.35. The molecule has 1 N–H and O–H groups in total. The van der Waals surface area contributed by atoms with Crippen LogP contribution in [0, 0.1) is 17.8 Å². The van der Waals surface area contributed by atoms with Crippen molar-refractivity contribution in [3.05, 3.63) is 12.2 Å². The van der Waals surface area contributed by atoms with Crippen molar-refractivity contribution in [1.82, 2.24) is 15.1 Å². The van der Waals surface area contributed by atoms with Crippen LogP contribution in [0.15, 0.2) is 16.5 Å². The van der Waals surface area contributed by atoms with E-state index in [0.29, 0.717) is 23.9 Å². The first-order valence-corrected chi connectivity index (χ1v) is 10.5. The van der Waals surface area contributed by atoms with Gasteiger partial charge in [0.1, 0.15) is 0 Å². The lowest BCUT2D eigenvalue weighted by molar-refractivity contribution is -0.140. The van der Waals surface area contributed by atoms with Gasteiger partial charge in [0.05, 0.1) is 11.8 Å². The van der Waals surface area contributed by atoms with E-state index in [1.807, 2.05) is 12.2 Å². The number of likely N-dealkylation sites (tertiary alicyclic amines) is 1. The zero-order valence-corrected chi connectivity index (χ0v) is 16.4. The van der Waals surface area contributed by atoms with Crippen LogP contribution in [-0.4, -0.2) is 45.1 Å². The summed E-state index contributed by atoms with van der Waals surface area (Å²) in [6.45, 7) is 4.37. The molecule has 3 amide bonds. The lowest BCUT2D eigenvalue weighted by Crippen LogP contribution is -2.34. The molecule has 3 rings (SSSR count). The number of fused-ring (bicyclic) bond motifs is 1. The molecule has 7 nitrogen and oxygen atoms in total. The first kappa shape index (κ1) is 19.0. The molecule has 1 fully saturated rings. The first-order chi connectivity index (χ1) is 12.5. The number of thioether (sulfide) groups is 1. The van der Waals surface area contributed by atoms with Gasteiger partial charge in [-0.15, -0.1) is 10.2 Å². The van der Waals surface area contributed by atoms with E-state index in [9.17, 15) is 14.4 Å². The smallest absolute Gasteiger partial charge is 0.233 e. The monoisotopic (exact) mass is 394 g/mol. The van der Waals surface area contributed by atoms with Crippen LogP contribution in [0.3, 0.4) is 0 Å². The maximum absolute atomic E-state index is 12.4. The molecule has 0 aromatic carbocycles. The summed E-state index contributed by atoms with van der Waals surface area (Å²) in [6.07, 6.45) is 5.19. The Labute approximate surface area is 160 Å². The van der Waals surface area contributed by atoms with Crippen molar-refractivity contribution in [2.24, 2.45) is 17.8 Å². The fraction of sp³-hybridized carbons (Fsp3) is 0.588. The molecule has 26 heavy (non-hydrogen) atoms. The quantitative estimate of drug-likeness (QED) is 0.331. The molecule has 1 aliphatic heterocycles. The van der Waals surface area contributed by atoms with Crippen LogP contribution in [-0.2, 0) is 14.4 Å². The summed E-state index contributed by atoms with van der Waals surface area (Å²) in [7, 11) is 0. The van der Waals surface area contributed by atoms with Crippen molar-refractivity contribution in [3.8, 4) is 0 Å². The largest absolute Gasteiger partial charge is 0.300 e. The van der Waals surface area contributed by atoms with Crippen molar-refractivity contribution in [2.45, 2.75) is 37.4 Å². The van der Waals surface area contributed by atoms with Crippen molar-refractivity contribution < 1.29 is 14.4 Å². The normalized spacial score (nSPS) is 22.2. The number of rotatable bonds is 7. The van der Waals surface area contributed by atoms with Gasteiger partial charge in [-0.05, 0) is 18.8 Å². The van der Waals surface area contributed by atoms with Gasteiger partial charge in [0.2, 0.25) is 22.9 Å². The molecule has 2 atom stereocenters. The van der Waals surface area contributed by atoms with Crippen LogP contribution in [0.1, 0.15) is 33.1 Å². The minimum absolute atomic E-state index is 0.0679. The Bertz CT molecular complexity index is 705. The van der Waals surface area contributed by atoms with Gasteiger partial charge in [0, 0.05) is 18.7 Å². The minimum Gasteiger partial charge on any atom is -0.300 e. The lowest BCUT2D eigenvalue weighted by atomic mass is 9.85. The maximum Gasteiger partial charge on any atom is 0.233 e. The van der Waals surface area contributed by atoms with Crippen molar-refractivity contribution >= 4 is 46.0 Å². The highest BCUT2D eigenvalue weighted by atomic mass is 32.2. The second-order valence-corrected chi connectivity index (χ2v) is 9.10. The Morgan fingerprint density at radius 1 is 1.27 bits per heavy atom. The fourth-order valence-electron chi connectivity index (χ4n) is 3.04. The number of carbonyl (C=O) groups excluding carboxylic acids is 3. The minimum atomic E-state index is -0.268. The molecule has 0 radical (unpaired) electrons. The van der Waals surface area contributed by atoms with Gasteiger partial charge in [-0.2, -0.15) is 0 Å². The maximum atomic E-state index is 12.4. The Hall–Kier alpha value is -1.74. The third-order valence-corrected chi connectivity index (χ3v) is 6.75. The molecular formula is C17H22N4O3S2. The number of nitrogens with one attached hydrogen (secondary N) is 1. The molecule has 9 heteroatoms. The van der Waals surface area contributed by atoms with Crippen molar-refractivity contribution in [2.75, 3.05) is 17.6 Å². The first-order valence-electron chi connectivity index (χ1n) is 8.72. The molecule has 1 aromatic heterocycles. The van der Waals surface area contributed by atoms with E-state index in [0.717, 1.165) is 10.1 Å². The van der Waals surface area contributed by atoms with E-state index in [2.05, 4.69) is 29.4 Å². The molecule has 0 spiro atoms. The number of amides is 3. The van der Waals surface area contributed by atoms with E-state index in [4.69, 9.17) is 0 Å². The van der Waals surface area contributed by atoms with E-state index >= 15 is 0 Å². The average Bonchev–Trinajstić information content (AvgIpc) is 3.15. The number of imide groups is 1. The summed E-state index contributed by atoms with van der Waals surface area (Å²) >= 11 is 2.94. The molecule has 1 aromatic rings. The molecular weight excluding hydrogens is 372 g/mol. The van der Waals surface area contributed by atoms with Gasteiger partial charge >= 0.3 is 0 Å². The third kappa shape index (κ3) is 4.32. The molecule has 0 saturated carbocycles. The topological polar surface area (TPSA) is 92.3 Å². The Morgan fingerprint density at radius 2 is 1.92 bits per heavy atom. The molecule has 0 unspecified atom stereocenters. The van der Waals surface area contributed by atoms with Crippen LogP contribution in [0.4, 0.5) is 5.13 Å². The van der Waals surface area contributed by atoms with Crippen LogP contribution in [0.2, 0.25) is 0 Å². The zero-order chi connectivity index (χ0) is 18.7. The number of carbonyl (C=O) groups is 3. The van der Waals surface area contributed by atoms with Crippen LogP contribution in [0.25, 0.3) is 0 Å². The number of anilines is 1. The average molecular weight is 395 g/mol. The van der Waals surface area contributed by atoms with Gasteiger partial charge in [0.25, 0.3) is 0 Å². The highest BCUT2D eigenvalue weighted by Gasteiger charge is 2.46. The highest BCUT2D eigenvalue weighted by molar-refractivity contribution is 8.01. The number of nitrogens with zero attached hydrogens (tertiary/aromatic N) is 3. The molecule has 2 aliphatic rings. The van der Waals surface area contributed by atoms with E-state index < -0.39 is 0 Å². The predicted octanol–water partition coefficient (Wildman–Crippen LogP) is 2.57. The van der Waals surface area contributed by atoms with E-state index in [1.54, 1.807) is 11.8 Å². The molecule has 140 valence electrons. The Balaban J connectivity index is 1.48. The number of allylic oxidation sites excluding steroid dienone is 2. The third-order valence-electron chi connectivity index (χ3n) is 4.35. The summed E-state index contributed by atoms with van der Waals surface area (Å²) in [5.74, 6) is 0.421. The van der Waals surface area contributed by atoms with Crippen LogP contribution in [0.5, 0.6) is 0 Å². The standard InChI is InChI=1S/C17H22N4O3S2/c1-10(2)9-25-17-20-19-16(26-17)18-13(22)7-8-21-14(23)11-5-3-4-6-12(11)15(21)24/h3-4,10-12H,5-9H2,1-2H3,(H,18,19,22)/t11-,12+. The second-order valence-electron chi connectivity index (χ2n) is 6.86. The van der Waals surface area contributed by atoms with Crippen molar-refractivity contribution in [1.29, 1.82) is 0 Å². The summed E-state index contributed by atoms with van der Waals surface area (Å²) in [5, 5.41) is 11.1. The predicted molar refractivity (Wildman–Crippen MR) is 101 cm³/mol. The van der Waals surface area contributed by atoms with E-state index in [-0.39, 0.29) is 42.5 Å². The number of hydrogen-bond donors (Lipinski definition) is 1. The Morgan fingerprint density at radius 3 is 2.54 bits per heavy atom. The number of hydrogen-bond acceptors (Lipinski definition) is 7. The summed E-state index contributed by atoms with van der Waals surface area (Å²) < 4.78 is 0.815. The molecule has 2 heterocycles. The summed E-state index contributed by atoms with van der Waals surface area (Å²) in [6, 6.07) is 0. The number of aromatic nitrogens is 2. The molecule has 1 saturated heterocycles. The zero-order valence-electron chi connectivity index (χ0n) is 14.8. The summed E-state index contributed by atoms with van der Waals surface area (Å²) in [5.41, 5.74) is 0. The van der Waals surface area contributed by atoms with Crippen LogP contribution >= 0.6 is 23.1 Å². The van der Waals surface area contributed by atoms with Gasteiger partial charge in [-0.1, -0.05) is 49.1 Å². The molecule has 1 aliphatic carbocycles. The summed E-state index contributed by atoms with van der Waals surface area (Å²) in [4.78, 5) is 38.1.